The number of carboxylic acids is 1. The van der Waals surface area contributed by atoms with Crippen LogP contribution in [0, 0.1) is 12.3 Å². The molecule has 2 heterocycles. The van der Waals surface area contributed by atoms with Crippen molar-refractivity contribution in [3.63, 3.8) is 0 Å². The quantitative estimate of drug-likeness (QED) is 0.828. The largest absolute Gasteiger partial charge is 0.481 e. The second-order valence-electron chi connectivity index (χ2n) is 5.25. The summed E-state index contributed by atoms with van der Waals surface area (Å²) in [5, 5.41) is 15.5. The Balaban J connectivity index is 1.77. The summed E-state index contributed by atoms with van der Waals surface area (Å²) in [6.45, 7) is 4.44. The van der Waals surface area contributed by atoms with Gasteiger partial charge in [0, 0.05) is 26.1 Å². The van der Waals surface area contributed by atoms with Crippen molar-refractivity contribution in [3.05, 3.63) is 11.7 Å². The number of likely N-dealkylation sites (tertiary alicyclic amines) is 1. The molecular weight excluding hydrogens is 264 g/mol. The summed E-state index contributed by atoms with van der Waals surface area (Å²) < 4.78 is 4.93. The third kappa shape index (κ3) is 3.06. The standard InChI is InChI=1S/C12H18N4O4/c1-8-14-9(20-15-8)3-5-13-11(19)16-6-4-12(2,7-16)10(17)18/h3-7H2,1-2H3,(H,13,19)(H,17,18). The number of carbonyl (C=O) groups excluding carboxylic acids is 1. The summed E-state index contributed by atoms with van der Waals surface area (Å²) >= 11 is 0. The maximum Gasteiger partial charge on any atom is 0.317 e. The molecule has 0 aromatic carbocycles. The molecule has 1 aliphatic rings. The molecule has 1 aliphatic heterocycles. The van der Waals surface area contributed by atoms with Crippen molar-refractivity contribution in [2.45, 2.75) is 26.7 Å². The number of rotatable bonds is 4. The molecule has 2 amide bonds. The molecule has 2 rings (SSSR count). The molecule has 110 valence electrons. The van der Waals surface area contributed by atoms with Crippen molar-refractivity contribution in [1.82, 2.24) is 20.4 Å². The highest BCUT2D eigenvalue weighted by molar-refractivity contribution is 5.79. The zero-order valence-corrected chi connectivity index (χ0v) is 11.5. The van der Waals surface area contributed by atoms with Crippen LogP contribution in [0.1, 0.15) is 25.1 Å². The normalized spacial score (nSPS) is 22.0. The van der Waals surface area contributed by atoms with Gasteiger partial charge in [-0.25, -0.2) is 4.79 Å². The zero-order chi connectivity index (χ0) is 14.8. The lowest BCUT2D eigenvalue weighted by atomic mass is 9.90. The van der Waals surface area contributed by atoms with E-state index in [1.54, 1.807) is 13.8 Å². The molecule has 20 heavy (non-hydrogen) atoms. The van der Waals surface area contributed by atoms with Gasteiger partial charge in [0.25, 0.3) is 0 Å². The Hall–Kier alpha value is -2.12. The van der Waals surface area contributed by atoms with Gasteiger partial charge < -0.3 is 19.8 Å². The zero-order valence-electron chi connectivity index (χ0n) is 11.5. The Morgan fingerprint density at radius 3 is 2.85 bits per heavy atom. The summed E-state index contributed by atoms with van der Waals surface area (Å²) in [5.41, 5.74) is -0.846. The average molecular weight is 282 g/mol. The Bertz CT molecular complexity index is 515. The van der Waals surface area contributed by atoms with Crippen LogP contribution in [-0.4, -0.2) is 51.8 Å². The Morgan fingerprint density at radius 1 is 1.55 bits per heavy atom. The first kappa shape index (κ1) is 14.3. The first-order chi connectivity index (χ1) is 9.40. The van der Waals surface area contributed by atoms with Crippen LogP contribution in [0.25, 0.3) is 0 Å². The van der Waals surface area contributed by atoms with E-state index in [4.69, 9.17) is 9.63 Å². The molecule has 1 unspecified atom stereocenters. The predicted molar refractivity (Wildman–Crippen MR) is 68.1 cm³/mol. The van der Waals surface area contributed by atoms with Crippen molar-refractivity contribution >= 4 is 12.0 Å². The predicted octanol–water partition coefficient (Wildman–Crippen LogP) is 0.427. The summed E-state index contributed by atoms with van der Waals surface area (Å²) in [7, 11) is 0. The van der Waals surface area contributed by atoms with Gasteiger partial charge in [0.15, 0.2) is 5.82 Å². The lowest BCUT2D eigenvalue weighted by Crippen LogP contribution is -2.41. The molecule has 0 saturated carbocycles. The minimum atomic E-state index is -0.867. The van der Waals surface area contributed by atoms with Crippen molar-refractivity contribution in [3.8, 4) is 0 Å². The van der Waals surface area contributed by atoms with Crippen LogP contribution in [0.3, 0.4) is 0 Å². The number of aryl methyl sites for hydroxylation is 1. The van der Waals surface area contributed by atoms with Gasteiger partial charge in [-0.05, 0) is 20.3 Å². The molecule has 8 nitrogen and oxygen atoms in total. The number of carboxylic acid groups (broad SMARTS) is 1. The van der Waals surface area contributed by atoms with Crippen LogP contribution in [0.5, 0.6) is 0 Å². The van der Waals surface area contributed by atoms with E-state index in [1.807, 2.05) is 0 Å². The van der Waals surface area contributed by atoms with E-state index in [-0.39, 0.29) is 12.6 Å². The van der Waals surface area contributed by atoms with Gasteiger partial charge in [0.2, 0.25) is 5.89 Å². The van der Waals surface area contributed by atoms with Gasteiger partial charge in [0.05, 0.1) is 5.41 Å². The van der Waals surface area contributed by atoms with Crippen LogP contribution in [0.2, 0.25) is 0 Å². The van der Waals surface area contributed by atoms with E-state index >= 15 is 0 Å². The highest BCUT2D eigenvalue weighted by atomic mass is 16.5. The smallest absolute Gasteiger partial charge is 0.317 e. The lowest BCUT2D eigenvalue weighted by molar-refractivity contribution is -0.146. The monoisotopic (exact) mass is 282 g/mol. The van der Waals surface area contributed by atoms with E-state index in [9.17, 15) is 9.59 Å². The lowest BCUT2D eigenvalue weighted by Gasteiger charge is -2.20. The highest BCUT2D eigenvalue weighted by Gasteiger charge is 2.42. The maximum absolute atomic E-state index is 11.9. The molecule has 1 atom stereocenters. The molecule has 1 aromatic rings. The molecular formula is C12H18N4O4. The minimum Gasteiger partial charge on any atom is -0.481 e. The molecule has 0 bridgehead atoms. The average Bonchev–Trinajstić information content (AvgIpc) is 2.97. The van der Waals surface area contributed by atoms with Gasteiger partial charge in [-0.15, -0.1) is 0 Å². The van der Waals surface area contributed by atoms with Crippen LogP contribution in [-0.2, 0) is 11.2 Å². The molecule has 1 saturated heterocycles. The SMILES string of the molecule is Cc1noc(CCNC(=O)N2CCC(C)(C(=O)O)C2)n1. The van der Waals surface area contributed by atoms with Gasteiger partial charge in [0.1, 0.15) is 0 Å². The molecule has 1 aromatic heterocycles. The van der Waals surface area contributed by atoms with E-state index in [0.717, 1.165) is 0 Å². The summed E-state index contributed by atoms with van der Waals surface area (Å²) in [4.78, 5) is 28.6. The summed E-state index contributed by atoms with van der Waals surface area (Å²) in [6, 6.07) is -0.258. The maximum atomic E-state index is 11.9. The van der Waals surface area contributed by atoms with Gasteiger partial charge >= 0.3 is 12.0 Å². The first-order valence-electron chi connectivity index (χ1n) is 6.46. The fourth-order valence-corrected chi connectivity index (χ4v) is 2.14. The number of hydrogen-bond acceptors (Lipinski definition) is 5. The number of carbonyl (C=O) groups is 2. The molecule has 2 N–H and O–H groups in total. The van der Waals surface area contributed by atoms with E-state index in [0.29, 0.717) is 37.6 Å². The summed E-state index contributed by atoms with van der Waals surface area (Å²) in [6.07, 6.45) is 0.926. The second kappa shape index (κ2) is 5.48. The first-order valence-corrected chi connectivity index (χ1v) is 6.46. The second-order valence-corrected chi connectivity index (χ2v) is 5.25. The van der Waals surface area contributed by atoms with E-state index in [1.165, 1.54) is 4.90 Å². The molecule has 0 radical (unpaired) electrons. The molecule has 8 heteroatoms. The Kier molecular flexibility index (Phi) is 3.91. The van der Waals surface area contributed by atoms with Crippen molar-refractivity contribution in [1.29, 1.82) is 0 Å². The summed E-state index contributed by atoms with van der Waals surface area (Å²) in [5.74, 6) is 0.164. The number of hydrogen-bond donors (Lipinski definition) is 2. The van der Waals surface area contributed by atoms with Crippen LogP contribution < -0.4 is 5.32 Å². The topological polar surface area (TPSA) is 109 Å². The molecule has 0 spiro atoms. The number of amides is 2. The van der Waals surface area contributed by atoms with Gasteiger partial charge in [-0.3, -0.25) is 4.79 Å². The minimum absolute atomic E-state index is 0.230. The van der Waals surface area contributed by atoms with Crippen molar-refractivity contribution < 1.29 is 19.2 Å². The number of nitrogens with zero attached hydrogens (tertiary/aromatic N) is 3. The molecule has 1 fully saturated rings. The Morgan fingerprint density at radius 2 is 2.30 bits per heavy atom. The van der Waals surface area contributed by atoms with Crippen molar-refractivity contribution in [2.75, 3.05) is 19.6 Å². The fourth-order valence-electron chi connectivity index (χ4n) is 2.14. The van der Waals surface area contributed by atoms with Crippen LogP contribution >= 0.6 is 0 Å². The number of aromatic nitrogens is 2. The third-order valence-electron chi connectivity index (χ3n) is 3.46. The number of nitrogens with one attached hydrogen (secondary N) is 1. The number of urea groups is 1. The Labute approximate surface area is 116 Å². The van der Waals surface area contributed by atoms with E-state index in [2.05, 4.69) is 15.5 Å². The van der Waals surface area contributed by atoms with Gasteiger partial charge in [-0.1, -0.05) is 5.16 Å². The highest BCUT2D eigenvalue weighted by Crippen LogP contribution is 2.29. The van der Waals surface area contributed by atoms with Gasteiger partial charge in [-0.2, -0.15) is 4.98 Å². The fraction of sp³-hybridized carbons (Fsp3) is 0.667. The van der Waals surface area contributed by atoms with Crippen molar-refractivity contribution in [2.24, 2.45) is 5.41 Å². The molecule has 0 aliphatic carbocycles. The van der Waals surface area contributed by atoms with E-state index < -0.39 is 11.4 Å². The van der Waals surface area contributed by atoms with Crippen LogP contribution in [0.4, 0.5) is 4.79 Å². The van der Waals surface area contributed by atoms with Crippen LogP contribution in [0.15, 0.2) is 4.52 Å². The number of aliphatic carboxylic acids is 1. The third-order valence-corrected chi connectivity index (χ3v) is 3.46.